The first-order chi connectivity index (χ1) is 11.0. The van der Waals surface area contributed by atoms with Gasteiger partial charge >= 0.3 is 5.97 Å². The minimum atomic E-state index is -0.279. The van der Waals surface area contributed by atoms with Crippen LogP contribution in [0.15, 0.2) is 27.7 Å². The fraction of sp³-hybridized carbons (Fsp3) is 0.500. The third kappa shape index (κ3) is 5.58. The lowest BCUT2D eigenvalue weighted by Crippen LogP contribution is -2.46. The molecule has 1 N–H and O–H groups in total. The maximum absolute atomic E-state index is 13.5. The van der Waals surface area contributed by atoms with E-state index in [9.17, 15) is 9.18 Å². The number of hydrogen-bond acceptors (Lipinski definition) is 3. The second-order valence-corrected chi connectivity index (χ2v) is 6.29. The molecule has 24 heavy (non-hydrogen) atoms. The summed E-state index contributed by atoms with van der Waals surface area (Å²) in [6.45, 7) is 1.98. The minimum Gasteiger partial charge on any atom is -0.469 e. The Morgan fingerprint density at radius 3 is 2.67 bits per heavy atom. The van der Waals surface area contributed by atoms with Crippen LogP contribution in [-0.4, -0.2) is 44.1 Å². The van der Waals surface area contributed by atoms with Crippen LogP contribution >= 0.6 is 39.9 Å². The zero-order valence-electron chi connectivity index (χ0n) is 13.7. The molecule has 1 saturated heterocycles. The van der Waals surface area contributed by atoms with Crippen molar-refractivity contribution in [3.8, 4) is 0 Å². The van der Waals surface area contributed by atoms with Gasteiger partial charge in [-0.2, -0.15) is 0 Å². The molecule has 0 atom stereocenters. The largest absolute Gasteiger partial charge is 0.469 e. The van der Waals surface area contributed by atoms with Crippen LogP contribution in [0.2, 0.25) is 0 Å². The molecule has 0 spiro atoms. The highest BCUT2D eigenvalue weighted by Gasteiger charge is 2.26. The number of carbonyl (C=O) groups excluding carboxylic acids is 1. The minimum absolute atomic E-state index is 0. The molecule has 1 aromatic rings. The molecule has 0 aromatic heterocycles. The number of rotatable bonds is 3. The number of carbonyl (C=O) groups is 1. The molecule has 1 fully saturated rings. The number of benzene rings is 1. The molecule has 0 amide bonds. The van der Waals surface area contributed by atoms with Crippen LogP contribution in [0.5, 0.6) is 0 Å². The number of aliphatic imine (C=N–C) groups is 1. The van der Waals surface area contributed by atoms with Crippen molar-refractivity contribution in [2.45, 2.75) is 19.4 Å². The summed E-state index contributed by atoms with van der Waals surface area (Å²) in [7, 11) is 3.14. The molecule has 1 aliphatic rings. The number of piperidine rings is 1. The Morgan fingerprint density at radius 2 is 2.12 bits per heavy atom. The predicted molar refractivity (Wildman–Crippen MR) is 106 cm³/mol. The molecule has 134 valence electrons. The molecule has 0 aliphatic carbocycles. The smallest absolute Gasteiger partial charge is 0.308 e. The highest BCUT2D eigenvalue weighted by atomic mass is 127. The van der Waals surface area contributed by atoms with Gasteiger partial charge in [0.2, 0.25) is 0 Å². The van der Waals surface area contributed by atoms with Crippen LogP contribution in [0.25, 0.3) is 0 Å². The standard InChI is InChI=1S/C16H21BrFN3O2.HI/c1-19-16(20-10-11-3-4-13(17)14(18)9-11)21-7-5-12(6-8-21)15(22)23-2;/h3-4,9,12H,5-8,10H2,1-2H3,(H,19,20);1H. The average Bonchev–Trinajstić information content (AvgIpc) is 2.58. The Morgan fingerprint density at radius 1 is 1.46 bits per heavy atom. The van der Waals surface area contributed by atoms with E-state index in [1.165, 1.54) is 13.2 Å². The van der Waals surface area contributed by atoms with Crippen molar-refractivity contribution in [3.63, 3.8) is 0 Å². The number of esters is 1. The van der Waals surface area contributed by atoms with Gasteiger partial charge in [0.05, 0.1) is 17.5 Å². The van der Waals surface area contributed by atoms with Crippen molar-refractivity contribution < 1.29 is 13.9 Å². The van der Waals surface area contributed by atoms with Gasteiger partial charge in [0.1, 0.15) is 5.82 Å². The summed E-state index contributed by atoms with van der Waals surface area (Å²) < 4.78 is 18.8. The van der Waals surface area contributed by atoms with Crippen LogP contribution in [0.4, 0.5) is 4.39 Å². The zero-order valence-corrected chi connectivity index (χ0v) is 17.6. The van der Waals surface area contributed by atoms with Gasteiger partial charge in [-0.05, 0) is 46.5 Å². The molecule has 5 nitrogen and oxygen atoms in total. The van der Waals surface area contributed by atoms with E-state index in [0.717, 1.165) is 37.5 Å². The highest BCUT2D eigenvalue weighted by Crippen LogP contribution is 2.19. The second kappa shape index (κ2) is 10.2. The van der Waals surface area contributed by atoms with E-state index >= 15 is 0 Å². The number of nitrogens with zero attached hydrogens (tertiary/aromatic N) is 2. The van der Waals surface area contributed by atoms with Crippen molar-refractivity contribution in [1.29, 1.82) is 0 Å². The quantitative estimate of drug-likeness (QED) is 0.292. The first-order valence-electron chi connectivity index (χ1n) is 7.52. The highest BCUT2D eigenvalue weighted by molar-refractivity contribution is 14.0. The first-order valence-corrected chi connectivity index (χ1v) is 8.31. The number of halogens is 3. The van der Waals surface area contributed by atoms with E-state index in [4.69, 9.17) is 4.74 Å². The lowest BCUT2D eigenvalue weighted by atomic mass is 9.97. The van der Waals surface area contributed by atoms with Gasteiger partial charge in [0.15, 0.2) is 5.96 Å². The van der Waals surface area contributed by atoms with Crippen molar-refractivity contribution in [2.75, 3.05) is 27.2 Å². The van der Waals surface area contributed by atoms with E-state index in [0.29, 0.717) is 11.0 Å². The second-order valence-electron chi connectivity index (χ2n) is 5.43. The van der Waals surface area contributed by atoms with Crippen molar-refractivity contribution in [1.82, 2.24) is 10.2 Å². The van der Waals surface area contributed by atoms with Crippen LogP contribution in [0.3, 0.4) is 0 Å². The van der Waals surface area contributed by atoms with Crippen molar-refractivity contribution >= 4 is 51.8 Å². The lowest BCUT2D eigenvalue weighted by molar-refractivity contribution is -0.146. The molecule has 1 heterocycles. The fourth-order valence-electron chi connectivity index (χ4n) is 2.66. The summed E-state index contributed by atoms with van der Waals surface area (Å²) in [6, 6.07) is 5.04. The summed E-state index contributed by atoms with van der Waals surface area (Å²) in [5.74, 6) is 0.308. The van der Waals surface area contributed by atoms with Crippen LogP contribution in [0, 0.1) is 11.7 Å². The molecule has 0 radical (unpaired) electrons. The summed E-state index contributed by atoms with van der Waals surface area (Å²) >= 11 is 3.14. The number of ether oxygens (including phenoxy) is 1. The van der Waals surface area contributed by atoms with E-state index in [1.807, 2.05) is 6.07 Å². The van der Waals surface area contributed by atoms with Gasteiger partial charge in [-0.1, -0.05) is 6.07 Å². The maximum atomic E-state index is 13.5. The summed E-state index contributed by atoms with van der Waals surface area (Å²) in [5, 5.41) is 3.24. The topological polar surface area (TPSA) is 53.9 Å². The third-order valence-corrected chi connectivity index (χ3v) is 4.62. The van der Waals surface area contributed by atoms with Crippen molar-refractivity contribution in [2.24, 2.45) is 10.9 Å². The summed E-state index contributed by atoms with van der Waals surface area (Å²) in [6.07, 6.45) is 1.50. The Kier molecular flexibility index (Phi) is 8.96. The SMILES string of the molecule is CN=C(NCc1ccc(Br)c(F)c1)N1CCC(C(=O)OC)CC1.I. The van der Waals surface area contributed by atoms with Gasteiger partial charge in [0, 0.05) is 26.7 Å². The van der Waals surface area contributed by atoms with Crippen LogP contribution in [0.1, 0.15) is 18.4 Å². The maximum Gasteiger partial charge on any atom is 0.308 e. The number of guanidine groups is 1. The Labute approximate surface area is 167 Å². The zero-order chi connectivity index (χ0) is 16.8. The monoisotopic (exact) mass is 513 g/mol. The van der Waals surface area contributed by atoms with E-state index in [1.54, 1.807) is 13.1 Å². The molecule has 0 bridgehead atoms. The van der Waals surface area contributed by atoms with E-state index < -0.39 is 0 Å². The van der Waals surface area contributed by atoms with Gasteiger partial charge in [0.25, 0.3) is 0 Å². The van der Waals surface area contributed by atoms with E-state index in [-0.39, 0.29) is 41.7 Å². The van der Waals surface area contributed by atoms with Gasteiger partial charge in [-0.15, -0.1) is 24.0 Å². The summed E-state index contributed by atoms with van der Waals surface area (Å²) in [4.78, 5) is 17.9. The summed E-state index contributed by atoms with van der Waals surface area (Å²) in [5.41, 5.74) is 0.844. The first kappa shape index (κ1) is 21.1. The molecular formula is C16H22BrFIN3O2. The number of nitrogens with one attached hydrogen (secondary N) is 1. The molecule has 0 saturated carbocycles. The average molecular weight is 514 g/mol. The normalized spacial score (nSPS) is 15.7. The van der Waals surface area contributed by atoms with Crippen LogP contribution in [-0.2, 0) is 16.1 Å². The molecule has 2 rings (SSSR count). The Bertz CT molecular complexity index is 593. The van der Waals surface area contributed by atoms with Gasteiger partial charge in [-0.3, -0.25) is 9.79 Å². The number of methoxy groups -OCH3 is 1. The number of likely N-dealkylation sites (tertiary alicyclic amines) is 1. The Balaban J connectivity index is 0.00000288. The van der Waals surface area contributed by atoms with Crippen molar-refractivity contribution in [3.05, 3.63) is 34.1 Å². The van der Waals surface area contributed by atoms with E-state index in [2.05, 4.69) is 31.1 Å². The van der Waals surface area contributed by atoms with Gasteiger partial charge < -0.3 is 15.0 Å². The number of hydrogen-bond donors (Lipinski definition) is 1. The molecule has 1 aliphatic heterocycles. The molecule has 1 aromatic carbocycles. The van der Waals surface area contributed by atoms with Gasteiger partial charge in [-0.25, -0.2) is 4.39 Å². The van der Waals surface area contributed by atoms with Crippen LogP contribution < -0.4 is 5.32 Å². The third-order valence-electron chi connectivity index (χ3n) is 3.98. The molecular weight excluding hydrogens is 492 g/mol. The fourth-order valence-corrected chi connectivity index (χ4v) is 2.90. The molecule has 0 unspecified atom stereocenters. The molecule has 8 heteroatoms. The lowest BCUT2D eigenvalue weighted by Gasteiger charge is -2.33. The predicted octanol–water partition coefficient (Wildman–Crippen LogP) is 3.17. The Hall–Kier alpha value is -0.900.